The molecule has 0 aliphatic carbocycles. The maximum Gasteiger partial charge on any atom is 0.330 e. The number of benzene rings is 2. The fourth-order valence-electron chi connectivity index (χ4n) is 5.07. The highest BCUT2D eigenvalue weighted by molar-refractivity contribution is 6.99. The first-order chi connectivity index (χ1) is 16.6. The third-order valence-corrected chi connectivity index (χ3v) is 11.5. The van der Waals surface area contributed by atoms with Crippen molar-refractivity contribution >= 4 is 24.7 Å². The van der Waals surface area contributed by atoms with E-state index >= 15 is 0 Å². The second-order valence-electron chi connectivity index (χ2n) is 10.4. The van der Waals surface area contributed by atoms with E-state index in [0.717, 1.165) is 0 Å². The van der Waals surface area contributed by atoms with Gasteiger partial charge in [-0.3, -0.25) is 0 Å². The molecule has 6 nitrogen and oxygen atoms in total. The molecule has 0 saturated carbocycles. The molecule has 2 fully saturated rings. The van der Waals surface area contributed by atoms with Gasteiger partial charge in [0.05, 0.1) is 13.2 Å². The van der Waals surface area contributed by atoms with Crippen LogP contribution < -0.4 is 10.4 Å². The van der Waals surface area contributed by atoms with Gasteiger partial charge in [-0.2, -0.15) is 0 Å². The molecule has 2 heterocycles. The van der Waals surface area contributed by atoms with Crippen LogP contribution in [0.4, 0.5) is 0 Å². The molecule has 4 rings (SSSR count). The number of rotatable bonds is 7. The third-order valence-electron chi connectivity index (χ3n) is 6.50. The first-order valence-corrected chi connectivity index (χ1v) is 14.1. The third kappa shape index (κ3) is 5.15. The molecule has 188 valence electrons. The Kier molecular flexibility index (Phi) is 7.36. The SMILES string of the molecule is CCOC(=O)/C=C1\[C@H]2OC(C)(C)O[C@H]2O[C@@H]1CO[Si](c1ccccc1)(c1ccccc1)C(C)(C)C. The number of carbonyl (C=O) groups is 1. The minimum atomic E-state index is -2.77. The Morgan fingerprint density at radius 3 is 2.09 bits per heavy atom. The zero-order valence-corrected chi connectivity index (χ0v) is 22.4. The average Bonchev–Trinajstić information content (AvgIpc) is 3.27. The van der Waals surface area contributed by atoms with Gasteiger partial charge in [0, 0.05) is 11.6 Å². The lowest BCUT2D eigenvalue weighted by Gasteiger charge is -2.43. The lowest BCUT2D eigenvalue weighted by atomic mass is 10.1. The van der Waals surface area contributed by atoms with Crippen molar-refractivity contribution in [2.75, 3.05) is 13.2 Å². The molecule has 0 bridgehead atoms. The summed E-state index contributed by atoms with van der Waals surface area (Å²) in [5.41, 5.74) is 0.692. The second-order valence-corrected chi connectivity index (χ2v) is 14.7. The molecule has 2 aromatic carbocycles. The monoisotopic (exact) mass is 496 g/mol. The van der Waals surface area contributed by atoms with E-state index in [9.17, 15) is 4.79 Å². The Morgan fingerprint density at radius 2 is 1.57 bits per heavy atom. The van der Waals surface area contributed by atoms with Crippen LogP contribution in [0.2, 0.25) is 5.04 Å². The van der Waals surface area contributed by atoms with Crippen molar-refractivity contribution in [3.63, 3.8) is 0 Å². The predicted octanol–water partition coefficient (Wildman–Crippen LogP) is 3.93. The Morgan fingerprint density at radius 1 is 1.00 bits per heavy atom. The number of esters is 1. The smallest absolute Gasteiger partial charge is 0.330 e. The molecule has 0 aromatic heterocycles. The van der Waals surface area contributed by atoms with E-state index in [1.807, 2.05) is 26.0 Å². The minimum absolute atomic E-state index is 0.176. The van der Waals surface area contributed by atoms with E-state index in [-0.39, 0.29) is 11.6 Å². The van der Waals surface area contributed by atoms with Crippen molar-refractivity contribution in [1.29, 1.82) is 0 Å². The van der Waals surface area contributed by atoms with Gasteiger partial charge in [0.15, 0.2) is 12.1 Å². The van der Waals surface area contributed by atoms with Gasteiger partial charge in [-0.15, -0.1) is 0 Å². The zero-order valence-electron chi connectivity index (χ0n) is 21.4. The Bertz CT molecular complexity index is 1000. The molecule has 2 aliphatic rings. The van der Waals surface area contributed by atoms with Crippen LogP contribution in [0.25, 0.3) is 0 Å². The van der Waals surface area contributed by atoms with Crippen LogP contribution in [-0.4, -0.2) is 51.8 Å². The molecule has 0 amide bonds. The van der Waals surface area contributed by atoms with E-state index in [0.29, 0.717) is 12.2 Å². The second kappa shape index (κ2) is 9.99. The van der Waals surface area contributed by atoms with Crippen LogP contribution >= 0.6 is 0 Å². The summed E-state index contributed by atoms with van der Waals surface area (Å²) in [5, 5.41) is 2.19. The van der Waals surface area contributed by atoms with Crippen molar-refractivity contribution in [1.82, 2.24) is 0 Å². The number of ether oxygens (including phenoxy) is 4. The van der Waals surface area contributed by atoms with E-state index in [4.69, 9.17) is 23.4 Å². The topological polar surface area (TPSA) is 63.2 Å². The summed E-state index contributed by atoms with van der Waals surface area (Å²) < 4.78 is 30.6. The van der Waals surface area contributed by atoms with Crippen molar-refractivity contribution in [2.24, 2.45) is 0 Å². The highest BCUT2D eigenvalue weighted by Gasteiger charge is 2.54. The van der Waals surface area contributed by atoms with Gasteiger partial charge in [0.1, 0.15) is 12.2 Å². The molecular weight excluding hydrogens is 460 g/mol. The quantitative estimate of drug-likeness (QED) is 0.329. The maximum atomic E-state index is 12.4. The molecule has 7 heteroatoms. The summed E-state index contributed by atoms with van der Waals surface area (Å²) in [4.78, 5) is 12.4. The molecule has 2 saturated heterocycles. The maximum absolute atomic E-state index is 12.4. The van der Waals surface area contributed by atoms with Crippen molar-refractivity contribution in [2.45, 2.75) is 70.9 Å². The lowest BCUT2D eigenvalue weighted by molar-refractivity contribution is -0.202. The van der Waals surface area contributed by atoms with Crippen LogP contribution in [0.5, 0.6) is 0 Å². The zero-order chi connectivity index (χ0) is 25.3. The van der Waals surface area contributed by atoms with Gasteiger partial charge in [0.2, 0.25) is 0 Å². The van der Waals surface area contributed by atoms with Gasteiger partial charge in [0.25, 0.3) is 8.32 Å². The predicted molar refractivity (Wildman–Crippen MR) is 137 cm³/mol. The fourth-order valence-corrected chi connectivity index (χ4v) is 9.63. The fraction of sp³-hybridized carbons (Fsp3) is 0.464. The first kappa shape index (κ1) is 25.8. The molecule has 0 unspecified atom stereocenters. The Labute approximate surface area is 209 Å². The van der Waals surface area contributed by atoms with Crippen LogP contribution in [0, 0.1) is 0 Å². The van der Waals surface area contributed by atoms with Gasteiger partial charge in [-0.05, 0) is 36.2 Å². The minimum Gasteiger partial charge on any atom is -0.463 e. The van der Waals surface area contributed by atoms with E-state index in [1.165, 1.54) is 16.4 Å². The summed E-state index contributed by atoms with van der Waals surface area (Å²) in [7, 11) is -2.77. The highest BCUT2D eigenvalue weighted by Crippen LogP contribution is 2.42. The summed E-state index contributed by atoms with van der Waals surface area (Å²) in [6, 6.07) is 20.9. The van der Waals surface area contributed by atoms with Crippen LogP contribution in [0.1, 0.15) is 41.5 Å². The molecule has 0 spiro atoms. The standard InChI is InChI=1S/C28H36O6Si/c1-7-30-24(29)18-22-23(32-26-25(22)33-28(5,6)34-26)19-31-35(27(2,3)4,20-14-10-8-11-15-20)21-16-12-9-13-17-21/h8-18,23,25-26H,7,19H2,1-6H3/b22-18-/t23-,25-,26-/m1/s1. The summed E-state index contributed by atoms with van der Waals surface area (Å²) in [6.07, 6.45) is -0.0917. The summed E-state index contributed by atoms with van der Waals surface area (Å²) in [6.45, 7) is 12.7. The Hall–Kier alpha value is -2.29. The van der Waals surface area contributed by atoms with Gasteiger partial charge in [-0.25, -0.2) is 4.79 Å². The van der Waals surface area contributed by atoms with Crippen molar-refractivity contribution in [3.8, 4) is 0 Å². The van der Waals surface area contributed by atoms with Gasteiger partial charge < -0.3 is 23.4 Å². The lowest BCUT2D eigenvalue weighted by Crippen LogP contribution is -2.67. The number of hydrogen-bond acceptors (Lipinski definition) is 6. The molecule has 35 heavy (non-hydrogen) atoms. The molecule has 3 atom stereocenters. The van der Waals surface area contributed by atoms with Crippen LogP contribution in [0.15, 0.2) is 72.3 Å². The van der Waals surface area contributed by atoms with Gasteiger partial charge in [-0.1, -0.05) is 81.4 Å². The molecular formula is C28H36O6Si. The average molecular weight is 497 g/mol. The molecule has 0 radical (unpaired) electrons. The van der Waals surface area contributed by atoms with E-state index in [2.05, 4.69) is 69.3 Å². The van der Waals surface area contributed by atoms with Crippen molar-refractivity contribution < 1.29 is 28.2 Å². The Balaban J connectivity index is 1.71. The molecule has 0 N–H and O–H groups in total. The largest absolute Gasteiger partial charge is 0.463 e. The van der Waals surface area contributed by atoms with E-state index < -0.39 is 38.6 Å². The van der Waals surface area contributed by atoms with Crippen LogP contribution in [-0.2, 0) is 28.2 Å². The first-order valence-electron chi connectivity index (χ1n) is 12.2. The van der Waals surface area contributed by atoms with Crippen molar-refractivity contribution in [3.05, 3.63) is 72.3 Å². The summed E-state index contributed by atoms with van der Waals surface area (Å²) in [5.74, 6) is -1.22. The van der Waals surface area contributed by atoms with E-state index in [1.54, 1.807) is 6.92 Å². The highest BCUT2D eigenvalue weighted by atomic mass is 28.4. The molecule has 2 aromatic rings. The molecule has 2 aliphatic heterocycles. The van der Waals surface area contributed by atoms with Gasteiger partial charge >= 0.3 is 5.97 Å². The summed E-state index contributed by atoms with van der Waals surface area (Å²) >= 11 is 0. The number of carbonyl (C=O) groups excluding carboxylic acids is 1. The number of fused-ring (bicyclic) bond motifs is 1. The van der Waals surface area contributed by atoms with Crippen LogP contribution in [0.3, 0.4) is 0 Å². The number of hydrogen-bond donors (Lipinski definition) is 0. The normalized spacial score (nSPS) is 25.0.